The van der Waals surface area contributed by atoms with Crippen LogP contribution in [0.4, 0.5) is 0 Å². The number of carbonyl (C=O) groups is 2. The van der Waals surface area contributed by atoms with Gasteiger partial charge in [-0.3, -0.25) is 14.5 Å². The molecule has 2 saturated carbocycles. The number of likely N-dealkylation sites (tertiary alicyclic amines) is 1. The summed E-state index contributed by atoms with van der Waals surface area (Å²) >= 11 is 4.90. The summed E-state index contributed by atoms with van der Waals surface area (Å²) in [7, 11) is 0. The molecule has 3 fully saturated rings. The van der Waals surface area contributed by atoms with Gasteiger partial charge in [-0.05, 0) is 24.7 Å². The highest BCUT2D eigenvalue weighted by molar-refractivity contribution is 7.80. The molecule has 2 unspecified atom stereocenters. The van der Waals surface area contributed by atoms with E-state index in [9.17, 15) is 9.59 Å². The van der Waals surface area contributed by atoms with Gasteiger partial charge in [-0.2, -0.15) is 0 Å². The Labute approximate surface area is 99.2 Å². The van der Waals surface area contributed by atoms with E-state index in [1.807, 2.05) is 0 Å². The van der Waals surface area contributed by atoms with Gasteiger partial charge in [0.05, 0.1) is 16.8 Å². The van der Waals surface area contributed by atoms with Gasteiger partial charge in [-0.1, -0.05) is 12.2 Å². The Morgan fingerprint density at radius 2 is 1.94 bits per heavy atom. The van der Waals surface area contributed by atoms with Gasteiger partial charge in [0.25, 0.3) is 0 Å². The van der Waals surface area contributed by atoms with Gasteiger partial charge in [0.1, 0.15) is 0 Å². The molecule has 2 N–H and O–H groups in total. The number of thiocarbonyl (C=S) groups is 1. The average Bonchev–Trinajstić information content (AvgIpc) is 3.05. The zero-order valence-electron chi connectivity index (χ0n) is 8.94. The molecule has 86 valence electrons. The number of fused-ring (bicyclic) bond motifs is 1. The van der Waals surface area contributed by atoms with Crippen molar-refractivity contribution in [2.75, 3.05) is 6.54 Å². The van der Waals surface area contributed by atoms with E-state index >= 15 is 0 Å². The van der Waals surface area contributed by atoms with Gasteiger partial charge in [-0.25, -0.2) is 0 Å². The van der Waals surface area contributed by atoms with Crippen molar-refractivity contribution in [3.05, 3.63) is 0 Å². The topological polar surface area (TPSA) is 63.4 Å². The number of rotatable bonds is 4. The number of nitrogens with two attached hydrogens (primary N) is 1. The van der Waals surface area contributed by atoms with Crippen LogP contribution in [0.3, 0.4) is 0 Å². The Hall–Kier alpha value is -0.970. The second-order valence-corrected chi connectivity index (χ2v) is 5.88. The van der Waals surface area contributed by atoms with Gasteiger partial charge in [-0.15, -0.1) is 0 Å². The van der Waals surface area contributed by atoms with Crippen LogP contribution in [0.15, 0.2) is 0 Å². The largest absolute Gasteiger partial charge is 0.393 e. The first kappa shape index (κ1) is 10.2. The van der Waals surface area contributed by atoms with E-state index in [0.717, 1.165) is 19.3 Å². The van der Waals surface area contributed by atoms with Gasteiger partial charge in [0, 0.05) is 13.0 Å². The summed E-state index contributed by atoms with van der Waals surface area (Å²) in [4.78, 5) is 25.5. The molecule has 2 aliphatic carbocycles. The van der Waals surface area contributed by atoms with Crippen LogP contribution in [0.1, 0.15) is 25.7 Å². The van der Waals surface area contributed by atoms with E-state index in [-0.39, 0.29) is 29.1 Å². The maximum Gasteiger partial charge on any atom is 0.233 e. The zero-order valence-corrected chi connectivity index (χ0v) is 9.76. The number of hydrogen-bond donors (Lipinski definition) is 1. The normalized spacial score (nSPS) is 33.9. The summed E-state index contributed by atoms with van der Waals surface area (Å²) < 4.78 is 0. The maximum absolute atomic E-state index is 11.8. The van der Waals surface area contributed by atoms with Crippen LogP contribution in [-0.2, 0) is 9.59 Å². The molecular weight excluding hydrogens is 224 g/mol. The summed E-state index contributed by atoms with van der Waals surface area (Å²) in [5.41, 5.74) is 5.56. The molecule has 0 aromatic heterocycles. The van der Waals surface area contributed by atoms with E-state index in [0.29, 0.717) is 18.0 Å². The van der Waals surface area contributed by atoms with Crippen molar-refractivity contribution in [2.24, 2.45) is 23.0 Å². The molecule has 1 saturated heterocycles. The molecule has 1 aliphatic heterocycles. The van der Waals surface area contributed by atoms with E-state index < -0.39 is 0 Å². The molecule has 0 spiro atoms. The smallest absolute Gasteiger partial charge is 0.233 e. The lowest BCUT2D eigenvalue weighted by atomic mass is 10.0. The maximum atomic E-state index is 11.8. The monoisotopic (exact) mass is 238 g/mol. The second-order valence-electron chi connectivity index (χ2n) is 5.35. The lowest BCUT2D eigenvalue weighted by molar-refractivity contribution is -0.142. The summed E-state index contributed by atoms with van der Waals surface area (Å²) in [5, 5.41) is 0. The molecule has 2 atom stereocenters. The molecule has 0 aromatic rings. The van der Waals surface area contributed by atoms with Crippen molar-refractivity contribution >= 4 is 29.0 Å². The fraction of sp³-hybridized carbons (Fsp3) is 0.727. The highest BCUT2D eigenvalue weighted by atomic mass is 32.1. The number of amides is 2. The quantitative estimate of drug-likeness (QED) is 0.570. The highest BCUT2D eigenvalue weighted by Crippen LogP contribution is 2.53. The Morgan fingerprint density at radius 1 is 1.38 bits per heavy atom. The zero-order chi connectivity index (χ0) is 11.5. The van der Waals surface area contributed by atoms with Gasteiger partial charge >= 0.3 is 0 Å². The minimum absolute atomic E-state index is 0.00753. The van der Waals surface area contributed by atoms with Crippen LogP contribution in [-0.4, -0.2) is 28.2 Å². The van der Waals surface area contributed by atoms with Crippen LogP contribution in [0.25, 0.3) is 0 Å². The molecule has 0 bridgehead atoms. The van der Waals surface area contributed by atoms with Crippen molar-refractivity contribution in [3.63, 3.8) is 0 Å². The second kappa shape index (κ2) is 3.03. The first-order valence-electron chi connectivity index (χ1n) is 5.66. The molecule has 2 amide bonds. The fourth-order valence-corrected chi connectivity index (χ4v) is 2.98. The Morgan fingerprint density at radius 3 is 2.38 bits per heavy atom. The molecule has 0 radical (unpaired) electrons. The van der Waals surface area contributed by atoms with Crippen molar-refractivity contribution in [1.82, 2.24) is 4.90 Å². The predicted octanol–water partition coefficient (Wildman–Crippen LogP) is 0.448. The fourth-order valence-electron chi connectivity index (χ4n) is 2.68. The standard InChI is InChI=1S/C11H14N2O2S/c12-8(16)4-11(1-2-11)5-13-9(14)6-3-7(6)10(13)15/h6-7H,1-5H2,(H2,12,16). The SMILES string of the molecule is NC(=S)CC1(CN2C(=O)C3CC3C2=O)CC1. The first-order valence-corrected chi connectivity index (χ1v) is 6.07. The average molecular weight is 238 g/mol. The predicted molar refractivity (Wildman–Crippen MR) is 61.4 cm³/mol. The van der Waals surface area contributed by atoms with E-state index in [4.69, 9.17) is 18.0 Å². The van der Waals surface area contributed by atoms with E-state index in [2.05, 4.69) is 0 Å². The van der Waals surface area contributed by atoms with Crippen LogP contribution in [0, 0.1) is 17.3 Å². The van der Waals surface area contributed by atoms with Gasteiger partial charge < -0.3 is 5.73 Å². The third-order valence-electron chi connectivity index (χ3n) is 3.96. The van der Waals surface area contributed by atoms with Crippen molar-refractivity contribution in [2.45, 2.75) is 25.7 Å². The Balaban J connectivity index is 1.69. The van der Waals surface area contributed by atoms with Gasteiger partial charge in [0.2, 0.25) is 11.8 Å². The Kier molecular flexibility index (Phi) is 1.93. The van der Waals surface area contributed by atoms with Crippen LogP contribution >= 0.6 is 12.2 Å². The Bertz CT molecular complexity index is 383. The molecule has 16 heavy (non-hydrogen) atoms. The molecule has 3 rings (SSSR count). The molecule has 1 heterocycles. The van der Waals surface area contributed by atoms with Crippen molar-refractivity contribution < 1.29 is 9.59 Å². The van der Waals surface area contributed by atoms with Crippen molar-refractivity contribution in [3.8, 4) is 0 Å². The summed E-state index contributed by atoms with van der Waals surface area (Å²) in [6.07, 6.45) is 3.48. The number of piperidine rings is 1. The minimum Gasteiger partial charge on any atom is -0.393 e. The van der Waals surface area contributed by atoms with Crippen LogP contribution < -0.4 is 5.73 Å². The summed E-state index contributed by atoms with van der Waals surface area (Å²) in [6, 6.07) is 0. The van der Waals surface area contributed by atoms with Crippen LogP contribution in [0.2, 0.25) is 0 Å². The van der Waals surface area contributed by atoms with E-state index in [1.54, 1.807) is 0 Å². The summed E-state index contributed by atoms with van der Waals surface area (Å²) in [6.45, 7) is 0.537. The lowest BCUT2D eigenvalue weighted by Crippen LogP contribution is -2.38. The number of carbonyl (C=O) groups excluding carboxylic acids is 2. The summed E-state index contributed by atoms with van der Waals surface area (Å²) in [5.74, 6) is 0.0784. The molecular formula is C11H14N2O2S. The number of nitrogens with zero attached hydrogens (tertiary/aromatic N) is 1. The highest BCUT2D eigenvalue weighted by Gasteiger charge is 2.60. The molecule has 3 aliphatic rings. The van der Waals surface area contributed by atoms with Gasteiger partial charge in [0.15, 0.2) is 0 Å². The van der Waals surface area contributed by atoms with Crippen molar-refractivity contribution in [1.29, 1.82) is 0 Å². The third-order valence-corrected chi connectivity index (χ3v) is 4.10. The first-order chi connectivity index (χ1) is 7.52. The molecule has 0 aromatic carbocycles. The molecule has 5 heteroatoms. The minimum atomic E-state index is 0.00753. The number of hydrogen-bond acceptors (Lipinski definition) is 3. The number of imide groups is 1. The molecule has 4 nitrogen and oxygen atoms in total. The lowest BCUT2D eigenvalue weighted by Gasteiger charge is -2.23. The van der Waals surface area contributed by atoms with Crippen LogP contribution in [0.5, 0.6) is 0 Å². The third kappa shape index (κ3) is 1.45. The van der Waals surface area contributed by atoms with E-state index in [1.165, 1.54) is 4.90 Å².